The highest BCUT2D eigenvalue weighted by molar-refractivity contribution is 5.69. The Bertz CT molecular complexity index is 659. The lowest BCUT2D eigenvalue weighted by molar-refractivity contribution is -0.145. The topological polar surface area (TPSA) is 77.7 Å². The fourth-order valence-corrected chi connectivity index (χ4v) is 6.69. The highest BCUT2D eigenvalue weighted by atomic mass is 16.6. The molecule has 0 N–H and O–H groups in total. The molecule has 0 radical (unpaired) electrons. The largest absolute Gasteiger partial charge is 0.463 e. The zero-order chi connectivity index (χ0) is 34.0. The summed E-state index contributed by atoms with van der Waals surface area (Å²) in [6.07, 6.45) is 45.1. The first-order chi connectivity index (χ1) is 23.7. The Morgan fingerprint density at radius 3 is 0.667 bits per heavy atom. The predicted molar refractivity (Wildman–Crippen MR) is 198 cm³/mol. The van der Waals surface area contributed by atoms with Gasteiger partial charge in [-0.25, -0.2) is 0 Å². The van der Waals surface area contributed by atoms with E-state index in [4.69, 9.17) is 18.9 Å². The number of hydrogen-bond acceptors (Lipinski definition) is 6. The number of epoxide rings is 2. The average Bonchev–Trinajstić information content (AvgIpc) is 4.03. The summed E-state index contributed by atoms with van der Waals surface area (Å²) >= 11 is 0. The first-order valence-electron chi connectivity index (χ1n) is 21.3. The van der Waals surface area contributed by atoms with Crippen molar-refractivity contribution in [3.05, 3.63) is 0 Å². The van der Waals surface area contributed by atoms with Crippen LogP contribution in [0.5, 0.6) is 0 Å². The van der Waals surface area contributed by atoms with Crippen LogP contribution in [0.1, 0.15) is 218 Å². The van der Waals surface area contributed by atoms with Gasteiger partial charge >= 0.3 is 11.9 Å². The Kier molecular flexibility index (Phi) is 29.6. The van der Waals surface area contributed by atoms with Gasteiger partial charge in [-0.15, -0.1) is 0 Å². The summed E-state index contributed by atoms with van der Waals surface area (Å²) in [7, 11) is 0. The zero-order valence-electron chi connectivity index (χ0n) is 31.5. The minimum atomic E-state index is -0.0555. The number of carbonyl (C=O) groups is 2. The van der Waals surface area contributed by atoms with Gasteiger partial charge in [-0.1, -0.05) is 193 Å². The lowest BCUT2D eigenvalue weighted by Gasteiger charge is -2.05. The molecule has 282 valence electrons. The number of rotatable bonds is 39. The Labute approximate surface area is 296 Å². The molecule has 2 rings (SSSR count). The molecule has 0 bridgehead atoms. The van der Waals surface area contributed by atoms with Crippen molar-refractivity contribution in [1.29, 1.82) is 0 Å². The third-order valence-electron chi connectivity index (χ3n) is 10.2. The molecule has 2 unspecified atom stereocenters. The highest BCUT2D eigenvalue weighted by Crippen LogP contribution is 2.18. The van der Waals surface area contributed by atoms with E-state index in [0.29, 0.717) is 26.1 Å². The minimum absolute atomic E-state index is 0.0555. The van der Waals surface area contributed by atoms with E-state index in [1.165, 1.54) is 180 Å². The number of unbranched alkanes of at least 4 members (excludes halogenated alkanes) is 31. The van der Waals surface area contributed by atoms with Crippen LogP contribution in [0.4, 0.5) is 0 Å². The first kappa shape index (κ1) is 43.0. The molecule has 0 amide bonds. The van der Waals surface area contributed by atoms with Crippen molar-refractivity contribution in [3.8, 4) is 0 Å². The lowest BCUT2D eigenvalue weighted by Crippen LogP contribution is -2.09. The Balaban J connectivity index is 1.11. The SMILES string of the molecule is O=C(CCCCCCCCCCCCCCCCCCCCCCCCCCCCCCCCCCC(=O)OCC1CO1)OCC1CO1. The maximum atomic E-state index is 11.6. The van der Waals surface area contributed by atoms with Crippen molar-refractivity contribution in [3.63, 3.8) is 0 Å². The summed E-state index contributed by atoms with van der Waals surface area (Å²) in [6.45, 7) is 2.41. The fourth-order valence-electron chi connectivity index (χ4n) is 6.69. The van der Waals surface area contributed by atoms with Crippen LogP contribution in [0, 0.1) is 0 Å². The van der Waals surface area contributed by atoms with Crippen LogP contribution in [0.2, 0.25) is 0 Å². The monoisotopic (exact) mass is 679 g/mol. The van der Waals surface area contributed by atoms with Gasteiger partial charge in [0, 0.05) is 12.8 Å². The normalized spacial score (nSPS) is 16.7. The molecule has 6 heteroatoms. The van der Waals surface area contributed by atoms with Gasteiger partial charge in [-0.05, 0) is 12.8 Å². The van der Waals surface area contributed by atoms with Crippen LogP contribution in [-0.4, -0.2) is 50.6 Å². The molecular weight excluding hydrogens is 600 g/mol. The summed E-state index contributed by atoms with van der Waals surface area (Å²) in [6, 6.07) is 0. The number of carbonyl (C=O) groups excluding carboxylic acids is 2. The van der Waals surface area contributed by atoms with Crippen LogP contribution in [-0.2, 0) is 28.5 Å². The molecule has 0 saturated carbocycles. The van der Waals surface area contributed by atoms with Crippen LogP contribution in [0.25, 0.3) is 0 Å². The molecule has 0 aromatic heterocycles. The summed E-state index contributed by atoms with van der Waals surface area (Å²) in [5.74, 6) is -0.111. The minimum Gasteiger partial charge on any atom is -0.463 e. The van der Waals surface area contributed by atoms with Gasteiger partial charge in [0.05, 0.1) is 13.2 Å². The molecule has 2 atom stereocenters. The summed E-state index contributed by atoms with van der Waals surface area (Å²) < 4.78 is 20.5. The smallest absolute Gasteiger partial charge is 0.305 e. The fraction of sp³-hybridized carbons (Fsp3) is 0.952. The molecule has 0 aromatic rings. The Morgan fingerprint density at radius 2 is 0.500 bits per heavy atom. The summed E-state index contributed by atoms with van der Waals surface area (Å²) in [5, 5.41) is 0. The van der Waals surface area contributed by atoms with Crippen LogP contribution in [0.3, 0.4) is 0 Å². The zero-order valence-corrected chi connectivity index (χ0v) is 31.5. The average molecular weight is 679 g/mol. The van der Waals surface area contributed by atoms with Gasteiger partial charge in [-0.3, -0.25) is 9.59 Å². The molecule has 2 aliphatic heterocycles. The molecule has 2 heterocycles. The second-order valence-corrected chi connectivity index (χ2v) is 15.1. The van der Waals surface area contributed by atoms with Gasteiger partial charge < -0.3 is 18.9 Å². The molecule has 2 saturated heterocycles. The van der Waals surface area contributed by atoms with E-state index < -0.39 is 0 Å². The maximum absolute atomic E-state index is 11.6. The van der Waals surface area contributed by atoms with Crippen molar-refractivity contribution < 1.29 is 28.5 Å². The van der Waals surface area contributed by atoms with Gasteiger partial charge in [0.15, 0.2) is 0 Å². The second kappa shape index (κ2) is 33.0. The van der Waals surface area contributed by atoms with Crippen molar-refractivity contribution in [2.24, 2.45) is 0 Å². The molecule has 6 nitrogen and oxygen atoms in total. The van der Waals surface area contributed by atoms with E-state index in [-0.39, 0.29) is 24.1 Å². The van der Waals surface area contributed by atoms with Gasteiger partial charge in [0.25, 0.3) is 0 Å². The molecule has 2 fully saturated rings. The van der Waals surface area contributed by atoms with Crippen LogP contribution >= 0.6 is 0 Å². The van der Waals surface area contributed by atoms with E-state index in [1.54, 1.807) is 0 Å². The van der Waals surface area contributed by atoms with E-state index in [1.807, 2.05) is 0 Å². The molecular formula is C42H78O6. The Morgan fingerprint density at radius 1 is 0.333 bits per heavy atom. The standard InChI is InChI=1S/C42H78O6/c43-41(47-37-39-35-45-39)33-31-29-27-25-23-21-19-17-15-13-11-9-7-5-3-1-2-4-6-8-10-12-14-16-18-20-22-24-26-28-30-32-34-42(44)48-38-40-36-46-40/h39-40H,1-38H2. The van der Waals surface area contributed by atoms with E-state index in [0.717, 1.165) is 38.9 Å². The molecule has 2 aliphatic rings. The molecule has 48 heavy (non-hydrogen) atoms. The van der Waals surface area contributed by atoms with Crippen molar-refractivity contribution in [1.82, 2.24) is 0 Å². The number of hydrogen-bond donors (Lipinski definition) is 0. The van der Waals surface area contributed by atoms with Crippen LogP contribution < -0.4 is 0 Å². The quantitative estimate of drug-likeness (QED) is 0.0366. The van der Waals surface area contributed by atoms with Crippen molar-refractivity contribution >= 4 is 11.9 Å². The van der Waals surface area contributed by atoms with Crippen molar-refractivity contribution in [2.45, 2.75) is 231 Å². The van der Waals surface area contributed by atoms with Crippen molar-refractivity contribution in [2.75, 3.05) is 26.4 Å². The Hall–Kier alpha value is -1.14. The second-order valence-electron chi connectivity index (χ2n) is 15.1. The van der Waals surface area contributed by atoms with E-state index in [9.17, 15) is 9.59 Å². The third kappa shape index (κ3) is 32.1. The lowest BCUT2D eigenvalue weighted by atomic mass is 10.0. The summed E-state index contributed by atoms with van der Waals surface area (Å²) in [4.78, 5) is 23.2. The summed E-state index contributed by atoms with van der Waals surface area (Å²) in [5.41, 5.74) is 0. The first-order valence-corrected chi connectivity index (χ1v) is 21.3. The van der Waals surface area contributed by atoms with E-state index >= 15 is 0 Å². The van der Waals surface area contributed by atoms with Gasteiger partial charge in [0.1, 0.15) is 25.4 Å². The number of esters is 2. The molecule has 0 aromatic carbocycles. The highest BCUT2D eigenvalue weighted by Gasteiger charge is 2.24. The van der Waals surface area contributed by atoms with Gasteiger partial charge in [-0.2, -0.15) is 0 Å². The maximum Gasteiger partial charge on any atom is 0.305 e. The third-order valence-corrected chi connectivity index (χ3v) is 10.2. The molecule has 0 spiro atoms. The van der Waals surface area contributed by atoms with E-state index in [2.05, 4.69) is 0 Å². The molecule has 0 aliphatic carbocycles. The number of ether oxygens (including phenoxy) is 4. The van der Waals surface area contributed by atoms with Crippen LogP contribution in [0.15, 0.2) is 0 Å². The predicted octanol–water partition coefficient (Wildman–Crippen LogP) is 12.1. The van der Waals surface area contributed by atoms with Gasteiger partial charge in [0.2, 0.25) is 0 Å².